The summed E-state index contributed by atoms with van der Waals surface area (Å²) in [6.07, 6.45) is -0.926. The van der Waals surface area contributed by atoms with Crippen molar-refractivity contribution in [3.8, 4) is 5.75 Å². The van der Waals surface area contributed by atoms with Gasteiger partial charge >= 0.3 is 0 Å². The monoisotopic (exact) mass is 626 g/mol. The van der Waals surface area contributed by atoms with Gasteiger partial charge in [-0.15, -0.1) is 11.3 Å². The molecule has 1 aromatic heterocycles. The van der Waals surface area contributed by atoms with Crippen LogP contribution in [0.4, 0.5) is 5.69 Å². The largest absolute Gasteiger partial charge is 0.477 e. The van der Waals surface area contributed by atoms with Gasteiger partial charge in [0.1, 0.15) is 5.75 Å². The highest BCUT2D eigenvalue weighted by atomic mass is 79.9. The van der Waals surface area contributed by atoms with E-state index < -0.39 is 22.0 Å². The zero-order chi connectivity index (χ0) is 26.7. The number of carbonyl (C=O) groups is 2. The van der Waals surface area contributed by atoms with Crippen molar-refractivity contribution in [2.45, 2.75) is 17.5 Å². The van der Waals surface area contributed by atoms with Crippen molar-refractivity contribution in [3.05, 3.63) is 73.8 Å². The Hall–Kier alpha value is -2.48. The van der Waals surface area contributed by atoms with E-state index in [0.717, 1.165) is 4.47 Å². The molecule has 1 atom stereocenters. The van der Waals surface area contributed by atoms with Crippen LogP contribution in [0, 0.1) is 0 Å². The highest BCUT2D eigenvalue weighted by Gasteiger charge is 2.35. The summed E-state index contributed by atoms with van der Waals surface area (Å²) in [6, 6.07) is 13.2. The Morgan fingerprint density at radius 1 is 1.24 bits per heavy atom. The van der Waals surface area contributed by atoms with Crippen molar-refractivity contribution in [2.75, 3.05) is 31.6 Å². The first kappa shape index (κ1) is 27.6. The Balaban J connectivity index is 1.57. The third-order valence-electron chi connectivity index (χ3n) is 5.67. The molecule has 0 aliphatic carbocycles. The molecule has 1 aliphatic heterocycles. The van der Waals surface area contributed by atoms with E-state index in [-0.39, 0.29) is 47.6 Å². The molecule has 0 spiro atoms. The van der Waals surface area contributed by atoms with Gasteiger partial charge in [0.2, 0.25) is 10.0 Å². The number of hydrogen-bond acceptors (Lipinski definition) is 7. The van der Waals surface area contributed by atoms with E-state index in [0.29, 0.717) is 16.3 Å². The zero-order valence-electron chi connectivity index (χ0n) is 19.7. The van der Waals surface area contributed by atoms with E-state index in [1.54, 1.807) is 41.8 Å². The molecule has 0 radical (unpaired) electrons. The minimum Gasteiger partial charge on any atom is -0.477 e. The maximum atomic E-state index is 13.6. The molecular weight excluding hydrogens is 604 g/mol. The lowest BCUT2D eigenvalue weighted by molar-refractivity contribution is -0.127. The third kappa shape index (κ3) is 5.84. The molecule has 0 saturated carbocycles. The molecule has 0 fully saturated rings. The van der Waals surface area contributed by atoms with Crippen LogP contribution >= 0.6 is 38.9 Å². The summed E-state index contributed by atoms with van der Waals surface area (Å²) in [4.78, 5) is 28.3. The van der Waals surface area contributed by atoms with Crippen LogP contribution in [0.25, 0.3) is 0 Å². The molecule has 1 unspecified atom stereocenters. The number of nitrogens with two attached hydrogens (primary N) is 1. The summed E-state index contributed by atoms with van der Waals surface area (Å²) in [7, 11) is -2.32. The van der Waals surface area contributed by atoms with Crippen molar-refractivity contribution < 1.29 is 22.7 Å². The van der Waals surface area contributed by atoms with Gasteiger partial charge in [-0.1, -0.05) is 39.7 Å². The smallest absolute Gasteiger partial charge is 0.263 e. The van der Waals surface area contributed by atoms with Crippen LogP contribution in [0.15, 0.2) is 63.3 Å². The van der Waals surface area contributed by atoms with Crippen LogP contribution in [0.1, 0.15) is 15.2 Å². The molecule has 2 aromatic carbocycles. The molecular formula is C24H24BrClN4O5S2. The normalized spacial score (nSPS) is 15.3. The van der Waals surface area contributed by atoms with Crippen molar-refractivity contribution in [3.63, 3.8) is 0 Å². The zero-order valence-corrected chi connectivity index (χ0v) is 23.7. The van der Waals surface area contributed by atoms with Gasteiger partial charge in [-0.3, -0.25) is 9.59 Å². The van der Waals surface area contributed by atoms with Gasteiger partial charge in [-0.25, -0.2) is 8.42 Å². The number of nitrogens with one attached hydrogen (secondary N) is 1. The van der Waals surface area contributed by atoms with Crippen LogP contribution in [-0.2, 0) is 21.4 Å². The maximum Gasteiger partial charge on any atom is 0.263 e. The molecule has 3 aromatic rings. The van der Waals surface area contributed by atoms with Crippen LogP contribution < -0.4 is 20.7 Å². The number of para-hydroxylation sites is 2. The molecule has 0 saturated heterocycles. The molecule has 2 amide bonds. The number of carbonyl (C=O) groups excluding carboxylic acids is 2. The number of hydrogen-bond donors (Lipinski definition) is 2. The van der Waals surface area contributed by atoms with Crippen LogP contribution in [-0.4, -0.2) is 57.3 Å². The summed E-state index contributed by atoms with van der Waals surface area (Å²) in [6.45, 7) is 0.520. The number of nitrogens with zero attached hydrogens (tertiary/aromatic N) is 2. The molecule has 3 N–H and O–H groups in total. The van der Waals surface area contributed by atoms with Gasteiger partial charge < -0.3 is 20.7 Å². The fraction of sp³-hybridized carbons (Fsp3) is 0.250. The van der Waals surface area contributed by atoms with Gasteiger partial charge in [-0.2, -0.15) is 4.31 Å². The van der Waals surface area contributed by atoms with E-state index in [1.165, 1.54) is 39.7 Å². The molecule has 0 bridgehead atoms. The van der Waals surface area contributed by atoms with Crippen LogP contribution in [0.5, 0.6) is 5.75 Å². The maximum absolute atomic E-state index is 13.6. The quantitative estimate of drug-likeness (QED) is 0.395. The van der Waals surface area contributed by atoms with Gasteiger partial charge in [0.15, 0.2) is 6.10 Å². The average molecular weight is 628 g/mol. The predicted octanol–water partition coefficient (Wildman–Crippen LogP) is 3.47. The highest BCUT2D eigenvalue weighted by molar-refractivity contribution is 9.10. The topological polar surface area (TPSA) is 122 Å². The Labute approximate surface area is 232 Å². The molecule has 196 valence electrons. The van der Waals surface area contributed by atoms with Gasteiger partial charge in [-0.05, 0) is 36.4 Å². The Bertz CT molecular complexity index is 1410. The number of amides is 2. The molecule has 1 aliphatic rings. The number of anilines is 1. The minimum atomic E-state index is -3.77. The second kappa shape index (κ2) is 11.5. The molecule has 37 heavy (non-hydrogen) atoms. The van der Waals surface area contributed by atoms with Crippen LogP contribution in [0.2, 0.25) is 5.02 Å². The molecule has 4 rings (SSSR count). The van der Waals surface area contributed by atoms with Crippen molar-refractivity contribution >= 4 is 66.4 Å². The first-order chi connectivity index (χ1) is 17.6. The number of halogens is 2. The number of rotatable bonds is 8. The summed E-state index contributed by atoms with van der Waals surface area (Å²) in [5.41, 5.74) is 6.20. The molecule has 13 heteroatoms. The minimum absolute atomic E-state index is 0.0149. The number of benzene rings is 2. The lowest BCUT2D eigenvalue weighted by Crippen LogP contribution is -2.51. The Morgan fingerprint density at radius 2 is 1.95 bits per heavy atom. The van der Waals surface area contributed by atoms with Gasteiger partial charge in [0.05, 0.1) is 27.7 Å². The van der Waals surface area contributed by atoms with Crippen molar-refractivity contribution in [1.29, 1.82) is 0 Å². The van der Waals surface area contributed by atoms with Crippen LogP contribution in [0.3, 0.4) is 0 Å². The first-order valence-corrected chi connectivity index (χ1v) is 14.7. The number of sulfonamides is 1. The lowest BCUT2D eigenvalue weighted by Gasteiger charge is -2.34. The summed E-state index contributed by atoms with van der Waals surface area (Å²) < 4.78 is 33.8. The molecule has 9 nitrogen and oxygen atoms in total. The Morgan fingerprint density at radius 3 is 2.65 bits per heavy atom. The predicted molar refractivity (Wildman–Crippen MR) is 147 cm³/mol. The Kier molecular flexibility index (Phi) is 8.56. The number of fused-ring (bicyclic) bond motifs is 1. The van der Waals surface area contributed by atoms with E-state index in [9.17, 15) is 18.0 Å². The van der Waals surface area contributed by atoms with E-state index >= 15 is 0 Å². The second-order valence-corrected chi connectivity index (χ2v) is 12.5. The summed E-state index contributed by atoms with van der Waals surface area (Å²) in [5, 5.41) is 4.45. The van der Waals surface area contributed by atoms with Gasteiger partial charge in [0, 0.05) is 41.4 Å². The fourth-order valence-corrected chi connectivity index (χ4v) is 6.57. The van der Waals surface area contributed by atoms with Crippen molar-refractivity contribution in [1.82, 2.24) is 9.62 Å². The molecule has 2 heterocycles. The number of ether oxygens (including phenoxy) is 1. The second-order valence-electron chi connectivity index (χ2n) is 8.17. The first-order valence-electron chi connectivity index (χ1n) is 11.2. The summed E-state index contributed by atoms with van der Waals surface area (Å²) in [5.74, 6) is -0.408. The number of thiophene rings is 1. The van der Waals surface area contributed by atoms with E-state index in [1.807, 2.05) is 0 Å². The average Bonchev–Trinajstić information content (AvgIpc) is 3.25. The van der Waals surface area contributed by atoms with Crippen molar-refractivity contribution in [2.24, 2.45) is 5.73 Å². The SMILES string of the molecule is CN(Cc1scc(C(=O)N2CC(C(=O)NCCN)Oc3ccccc32)c1Cl)S(=O)(=O)c1ccc(Br)cc1. The standard InChI is InChI=1S/C24H24BrClN4O5S2/c1-29(37(33,34)16-8-6-15(25)7-9-16)13-21-22(26)17(14-36-21)24(32)30-12-20(23(31)28-11-10-27)35-19-5-3-2-4-18(19)30/h2-9,14,20H,10-13,27H2,1H3,(H,28,31). The fourth-order valence-electron chi connectivity index (χ4n) is 3.73. The third-order valence-corrected chi connectivity index (χ3v) is 9.53. The van der Waals surface area contributed by atoms with Gasteiger partial charge in [0.25, 0.3) is 11.8 Å². The van der Waals surface area contributed by atoms with E-state index in [4.69, 9.17) is 22.1 Å². The van der Waals surface area contributed by atoms with E-state index in [2.05, 4.69) is 21.2 Å². The summed E-state index contributed by atoms with van der Waals surface area (Å²) >= 11 is 11.1. The lowest BCUT2D eigenvalue weighted by atomic mass is 10.1. The highest BCUT2D eigenvalue weighted by Crippen LogP contribution is 2.37.